The lowest BCUT2D eigenvalue weighted by Gasteiger charge is -2.42. The highest BCUT2D eigenvalue weighted by atomic mass is 16.5. The summed E-state index contributed by atoms with van der Waals surface area (Å²) in [6.45, 7) is 3.77. The average molecular weight is 413 g/mol. The largest absolute Gasteiger partial charge is 0.466 e. The third-order valence-electron chi connectivity index (χ3n) is 6.68. The number of benzene rings is 1. The summed E-state index contributed by atoms with van der Waals surface area (Å²) in [7, 11) is 0. The van der Waals surface area contributed by atoms with Crippen LogP contribution in [0.1, 0.15) is 57.1 Å². The number of ether oxygens (including phenoxy) is 1. The fourth-order valence-electron chi connectivity index (χ4n) is 4.89. The van der Waals surface area contributed by atoms with Crippen LogP contribution in [0.3, 0.4) is 0 Å². The zero-order valence-electron chi connectivity index (χ0n) is 17.8. The molecule has 6 nitrogen and oxygen atoms in total. The highest BCUT2D eigenvalue weighted by Crippen LogP contribution is 2.39. The maximum absolute atomic E-state index is 13.3. The minimum atomic E-state index is -0.229. The van der Waals surface area contributed by atoms with Crippen LogP contribution in [0.4, 0.5) is 0 Å². The average Bonchev–Trinajstić information content (AvgIpc) is 3.64. The number of carbonyl (C=O) groups excluding carboxylic acids is 3. The van der Waals surface area contributed by atoms with Gasteiger partial charge in [0.1, 0.15) is 0 Å². The molecular formula is C24H32N2O4. The summed E-state index contributed by atoms with van der Waals surface area (Å²) in [4.78, 5) is 42.3. The Morgan fingerprint density at radius 3 is 2.33 bits per heavy atom. The van der Waals surface area contributed by atoms with Gasteiger partial charge in [0.25, 0.3) is 0 Å². The SMILES string of the molecule is CCOC(=O)C1CCCN(C(=O)C2CCC(c3ccccc3)N(C(=O)C3CC3)C2)C1. The molecule has 30 heavy (non-hydrogen) atoms. The van der Waals surface area contributed by atoms with Crippen molar-refractivity contribution in [1.29, 1.82) is 0 Å². The number of piperidine rings is 2. The Kier molecular flexibility index (Phi) is 6.40. The van der Waals surface area contributed by atoms with E-state index in [1.807, 2.05) is 28.0 Å². The topological polar surface area (TPSA) is 66.9 Å². The summed E-state index contributed by atoms with van der Waals surface area (Å²) >= 11 is 0. The predicted octanol–water partition coefficient (Wildman–Crippen LogP) is 3.18. The molecule has 3 atom stereocenters. The van der Waals surface area contributed by atoms with Crippen LogP contribution in [0.5, 0.6) is 0 Å². The van der Waals surface area contributed by atoms with Crippen LogP contribution in [0.15, 0.2) is 30.3 Å². The number of hydrogen-bond acceptors (Lipinski definition) is 4. The predicted molar refractivity (Wildman–Crippen MR) is 112 cm³/mol. The lowest BCUT2D eigenvalue weighted by atomic mass is 9.87. The van der Waals surface area contributed by atoms with Gasteiger partial charge in [-0.05, 0) is 51.0 Å². The number of rotatable bonds is 5. The molecule has 0 N–H and O–H groups in total. The lowest BCUT2D eigenvalue weighted by Crippen LogP contribution is -2.51. The highest BCUT2D eigenvalue weighted by molar-refractivity contribution is 5.84. The van der Waals surface area contributed by atoms with Gasteiger partial charge in [0.15, 0.2) is 0 Å². The van der Waals surface area contributed by atoms with E-state index in [2.05, 4.69) is 12.1 Å². The second kappa shape index (κ2) is 9.19. The molecule has 3 fully saturated rings. The second-order valence-electron chi connectivity index (χ2n) is 8.84. The Balaban J connectivity index is 1.45. The lowest BCUT2D eigenvalue weighted by molar-refractivity contribution is -0.152. The third kappa shape index (κ3) is 4.52. The van der Waals surface area contributed by atoms with Crippen molar-refractivity contribution in [3.63, 3.8) is 0 Å². The highest BCUT2D eigenvalue weighted by Gasteiger charge is 2.42. The summed E-state index contributed by atoms with van der Waals surface area (Å²) in [5.41, 5.74) is 1.15. The van der Waals surface area contributed by atoms with Gasteiger partial charge in [0, 0.05) is 25.6 Å². The Bertz CT molecular complexity index is 777. The van der Waals surface area contributed by atoms with Crippen molar-refractivity contribution >= 4 is 17.8 Å². The molecule has 162 valence electrons. The van der Waals surface area contributed by atoms with Crippen molar-refractivity contribution in [1.82, 2.24) is 9.80 Å². The first kappa shape index (κ1) is 20.9. The van der Waals surface area contributed by atoms with Crippen LogP contribution in [-0.2, 0) is 19.1 Å². The molecule has 0 spiro atoms. The minimum absolute atomic E-state index is 0.0528. The van der Waals surface area contributed by atoms with Crippen molar-refractivity contribution in [3.05, 3.63) is 35.9 Å². The van der Waals surface area contributed by atoms with Crippen molar-refractivity contribution in [2.45, 2.75) is 51.5 Å². The number of likely N-dealkylation sites (tertiary alicyclic amines) is 2. The Morgan fingerprint density at radius 1 is 0.900 bits per heavy atom. The van der Waals surface area contributed by atoms with Crippen molar-refractivity contribution in [3.8, 4) is 0 Å². The number of carbonyl (C=O) groups is 3. The summed E-state index contributed by atoms with van der Waals surface area (Å²) in [6, 6.07) is 10.2. The zero-order valence-corrected chi connectivity index (χ0v) is 17.8. The third-order valence-corrected chi connectivity index (χ3v) is 6.68. The molecule has 0 radical (unpaired) electrons. The fraction of sp³-hybridized carbons (Fsp3) is 0.625. The van der Waals surface area contributed by atoms with Gasteiger partial charge in [-0.15, -0.1) is 0 Å². The summed E-state index contributed by atoms with van der Waals surface area (Å²) in [5, 5.41) is 0. The maximum Gasteiger partial charge on any atom is 0.310 e. The molecule has 1 aromatic carbocycles. The molecule has 6 heteroatoms. The summed E-state index contributed by atoms with van der Waals surface area (Å²) in [6.07, 6.45) is 5.09. The van der Waals surface area contributed by atoms with E-state index in [0.29, 0.717) is 26.2 Å². The number of hydrogen-bond donors (Lipinski definition) is 0. The number of esters is 1. The van der Waals surface area contributed by atoms with Crippen LogP contribution in [0.2, 0.25) is 0 Å². The Morgan fingerprint density at radius 2 is 1.63 bits per heavy atom. The van der Waals surface area contributed by atoms with Crippen LogP contribution in [0.25, 0.3) is 0 Å². The van der Waals surface area contributed by atoms with Crippen molar-refractivity contribution < 1.29 is 19.1 Å². The molecule has 2 heterocycles. The van der Waals surface area contributed by atoms with Gasteiger partial charge in [-0.3, -0.25) is 14.4 Å². The Labute approximate surface area is 178 Å². The van der Waals surface area contributed by atoms with E-state index < -0.39 is 0 Å². The van der Waals surface area contributed by atoms with E-state index in [-0.39, 0.29) is 41.6 Å². The molecule has 0 aromatic heterocycles. The maximum atomic E-state index is 13.3. The molecule has 4 rings (SSSR count). The smallest absolute Gasteiger partial charge is 0.310 e. The van der Waals surface area contributed by atoms with Crippen LogP contribution < -0.4 is 0 Å². The van der Waals surface area contributed by atoms with E-state index in [0.717, 1.165) is 44.1 Å². The van der Waals surface area contributed by atoms with Gasteiger partial charge in [0.2, 0.25) is 11.8 Å². The number of amides is 2. The molecule has 2 aliphatic heterocycles. The molecular weight excluding hydrogens is 380 g/mol. The summed E-state index contributed by atoms with van der Waals surface area (Å²) in [5.74, 6) is -0.198. The zero-order chi connectivity index (χ0) is 21.1. The monoisotopic (exact) mass is 412 g/mol. The van der Waals surface area contributed by atoms with Crippen LogP contribution in [-0.4, -0.2) is 53.8 Å². The standard InChI is InChI=1S/C24H32N2O4/c1-2-30-24(29)20-9-6-14-25(15-20)22(27)19-12-13-21(17-7-4-3-5-8-17)26(16-19)23(28)18-10-11-18/h3-5,7-8,18-21H,2,6,9-16H2,1H3. The minimum Gasteiger partial charge on any atom is -0.466 e. The molecule has 3 aliphatic rings. The molecule has 2 saturated heterocycles. The molecule has 1 saturated carbocycles. The molecule has 2 amide bonds. The van der Waals surface area contributed by atoms with Crippen molar-refractivity contribution in [2.75, 3.05) is 26.2 Å². The van der Waals surface area contributed by atoms with Gasteiger partial charge in [-0.1, -0.05) is 30.3 Å². The van der Waals surface area contributed by atoms with Crippen LogP contribution in [0, 0.1) is 17.8 Å². The molecule has 1 aromatic rings. The first-order valence-corrected chi connectivity index (χ1v) is 11.4. The van der Waals surface area contributed by atoms with E-state index >= 15 is 0 Å². The molecule has 1 aliphatic carbocycles. The Hall–Kier alpha value is -2.37. The van der Waals surface area contributed by atoms with E-state index in [1.165, 1.54) is 0 Å². The first-order chi connectivity index (χ1) is 14.6. The van der Waals surface area contributed by atoms with Gasteiger partial charge in [-0.25, -0.2) is 0 Å². The van der Waals surface area contributed by atoms with Gasteiger partial charge in [0.05, 0.1) is 24.5 Å². The molecule has 3 unspecified atom stereocenters. The normalized spacial score (nSPS) is 26.9. The van der Waals surface area contributed by atoms with Crippen molar-refractivity contribution in [2.24, 2.45) is 17.8 Å². The van der Waals surface area contributed by atoms with E-state index in [4.69, 9.17) is 4.74 Å². The van der Waals surface area contributed by atoms with Gasteiger partial charge in [-0.2, -0.15) is 0 Å². The fourth-order valence-corrected chi connectivity index (χ4v) is 4.89. The first-order valence-electron chi connectivity index (χ1n) is 11.4. The van der Waals surface area contributed by atoms with E-state index in [9.17, 15) is 14.4 Å². The number of nitrogens with zero attached hydrogens (tertiary/aromatic N) is 2. The quantitative estimate of drug-likeness (QED) is 0.697. The van der Waals surface area contributed by atoms with E-state index in [1.54, 1.807) is 6.92 Å². The molecule has 0 bridgehead atoms. The van der Waals surface area contributed by atoms with Gasteiger partial charge < -0.3 is 14.5 Å². The summed E-state index contributed by atoms with van der Waals surface area (Å²) < 4.78 is 5.17. The van der Waals surface area contributed by atoms with Gasteiger partial charge >= 0.3 is 5.97 Å². The second-order valence-corrected chi connectivity index (χ2v) is 8.84. The van der Waals surface area contributed by atoms with Crippen LogP contribution >= 0.6 is 0 Å².